The van der Waals surface area contributed by atoms with Crippen molar-refractivity contribution < 1.29 is 9.53 Å². The fourth-order valence-corrected chi connectivity index (χ4v) is 2.26. The monoisotopic (exact) mass is 298 g/mol. The summed E-state index contributed by atoms with van der Waals surface area (Å²) in [6.45, 7) is -0.0748. The quantitative estimate of drug-likeness (QED) is 0.860. The number of thioether (sulfide) groups is 1. The molecule has 2 aromatic carbocycles. The number of carbonyl (C=O) groups excluding carboxylic acids is 1. The zero-order chi connectivity index (χ0) is 15.1. The summed E-state index contributed by atoms with van der Waals surface area (Å²) in [4.78, 5) is 12.9. The van der Waals surface area contributed by atoms with Gasteiger partial charge in [-0.25, -0.2) is 0 Å². The van der Waals surface area contributed by atoms with E-state index in [-0.39, 0.29) is 12.5 Å². The Morgan fingerprint density at radius 1 is 1.24 bits per heavy atom. The first-order valence-corrected chi connectivity index (χ1v) is 7.51. The van der Waals surface area contributed by atoms with E-state index >= 15 is 0 Å². The van der Waals surface area contributed by atoms with Gasteiger partial charge in [0.25, 0.3) is 5.91 Å². The number of ether oxygens (including phenoxy) is 1. The lowest BCUT2D eigenvalue weighted by Crippen LogP contribution is -2.20. The highest BCUT2D eigenvalue weighted by atomic mass is 32.2. The Morgan fingerprint density at radius 2 is 1.95 bits per heavy atom. The molecule has 5 heteroatoms. The average molecular weight is 298 g/mol. The van der Waals surface area contributed by atoms with Crippen LogP contribution in [0, 0.1) is 11.3 Å². The van der Waals surface area contributed by atoms with Crippen molar-refractivity contribution in [2.75, 3.05) is 18.2 Å². The largest absolute Gasteiger partial charge is 0.484 e. The van der Waals surface area contributed by atoms with Gasteiger partial charge in [0.15, 0.2) is 6.61 Å². The van der Waals surface area contributed by atoms with Gasteiger partial charge in [0.2, 0.25) is 0 Å². The van der Waals surface area contributed by atoms with Gasteiger partial charge in [0.05, 0.1) is 17.3 Å². The topological polar surface area (TPSA) is 62.1 Å². The van der Waals surface area contributed by atoms with Crippen LogP contribution in [-0.4, -0.2) is 18.8 Å². The SMILES string of the molecule is CSc1ccccc1NC(=O)COc1ccc(C#N)cc1. The molecule has 0 spiro atoms. The number of hydrogen-bond acceptors (Lipinski definition) is 4. The second-order valence-corrected chi connectivity index (χ2v) is 5.02. The van der Waals surface area contributed by atoms with Gasteiger partial charge in [-0.15, -0.1) is 11.8 Å². The lowest BCUT2D eigenvalue weighted by Gasteiger charge is -2.10. The predicted molar refractivity (Wildman–Crippen MR) is 83.5 cm³/mol. The van der Waals surface area contributed by atoms with E-state index in [0.717, 1.165) is 10.6 Å². The van der Waals surface area contributed by atoms with E-state index in [9.17, 15) is 4.79 Å². The molecule has 106 valence electrons. The molecule has 2 aromatic rings. The van der Waals surface area contributed by atoms with Crippen LogP contribution in [0.1, 0.15) is 5.56 Å². The maximum absolute atomic E-state index is 11.9. The van der Waals surface area contributed by atoms with Gasteiger partial charge in [-0.05, 0) is 42.7 Å². The molecule has 0 saturated heterocycles. The third-order valence-electron chi connectivity index (χ3n) is 2.73. The third kappa shape index (κ3) is 4.26. The van der Waals surface area contributed by atoms with Crippen LogP contribution >= 0.6 is 11.8 Å². The zero-order valence-corrected chi connectivity index (χ0v) is 12.3. The van der Waals surface area contributed by atoms with Crippen molar-refractivity contribution in [3.05, 3.63) is 54.1 Å². The standard InChI is InChI=1S/C16H14N2O2S/c1-21-15-5-3-2-4-14(15)18-16(19)11-20-13-8-6-12(10-17)7-9-13/h2-9H,11H2,1H3,(H,18,19). The van der Waals surface area contributed by atoms with Crippen molar-refractivity contribution in [1.29, 1.82) is 5.26 Å². The minimum atomic E-state index is -0.221. The Balaban J connectivity index is 1.91. The second kappa shape index (κ2) is 7.36. The predicted octanol–water partition coefficient (Wildman–Crippen LogP) is 3.30. The van der Waals surface area contributed by atoms with Crippen molar-refractivity contribution >= 4 is 23.4 Å². The highest BCUT2D eigenvalue weighted by Crippen LogP contribution is 2.24. The molecule has 0 aliphatic heterocycles. The van der Waals surface area contributed by atoms with Crippen LogP contribution < -0.4 is 10.1 Å². The molecule has 0 aliphatic carbocycles. The lowest BCUT2D eigenvalue weighted by molar-refractivity contribution is -0.118. The summed E-state index contributed by atoms with van der Waals surface area (Å²) in [7, 11) is 0. The first-order valence-electron chi connectivity index (χ1n) is 6.29. The Hall–Kier alpha value is -2.45. The average Bonchev–Trinajstić information content (AvgIpc) is 2.54. The van der Waals surface area contributed by atoms with E-state index in [1.54, 1.807) is 36.0 Å². The second-order valence-electron chi connectivity index (χ2n) is 4.17. The molecular weight excluding hydrogens is 284 g/mol. The van der Waals surface area contributed by atoms with Gasteiger partial charge < -0.3 is 10.1 Å². The van der Waals surface area contributed by atoms with Gasteiger partial charge in [-0.1, -0.05) is 12.1 Å². The molecule has 0 bridgehead atoms. The van der Waals surface area contributed by atoms with Crippen LogP contribution in [0.4, 0.5) is 5.69 Å². The van der Waals surface area contributed by atoms with Crippen molar-refractivity contribution in [3.8, 4) is 11.8 Å². The van der Waals surface area contributed by atoms with Crippen LogP contribution in [0.2, 0.25) is 0 Å². The highest BCUT2D eigenvalue weighted by molar-refractivity contribution is 7.98. The number of amides is 1. The number of benzene rings is 2. The van der Waals surface area contributed by atoms with E-state index in [0.29, 0.717) is 11.3 Å². The molecular formula is C16H14N2O2S. The first-order chi connectivity index (χ1) is 10.2. The normalized spacial score (nSPS) is 9.71. The number of hydrogen-bond donors (Lipinski definition) is 1. The summed E-state index contributed by atoms with van der Waals surface area (Å²) >= 11 is 1.57. The number of nitrogens with zero attached hydrogens (tertiary/aromatic N) is 1. The number of para-hydroxylation sites is 1. The third-order valence-corrected chi connectivity index (χ3v) is 3.53. The molecule has 0 radical (unpaired) electrons. The first kappa shape index (κ1) is 14.9. The fraction of sp³-hybridized carbons (Fsp3) is 0.125. The van der Waals surface area contributed by atoms with E-state index in [2.05, 4.69) is 5.32 Å². The summed E-state index contributed by atoms with van der Waals surface area (Å²) in [5.41, 5.74) is 1.33. The Bertz CT molecular complexity index is 663. The van der Waals surface area contributed by atoms with E-state index in [4.69, 9.17) is 10.00 Å². The summed E-state index contributed by atoms with van der Waals surface area (Å²) in [5, 5.41) is 11.5. The Labute approximate surface area is 127 Å². The van der Waals surface area contributed by atoms with E-state index in [1.165, 1.54) is 0 Å². The summed E-state index contributed by atoms with van der Waals surface area (Å²) in [6, 6.07) is 16.3. The molecule has 0 aromatic heterocycles. The number of nitrogens with one attached hydrogen (secondary N) is 1. The minimum Gasteiger partial charge on any atom is -0.484 e. The highest BCUT2D eigenvalue weighted by Gasteiger charge is 2.06. The van der Waals surface area contributed by atoms with Gasteiger partial charge in [-0.3, -0.25) is 4.79 Å². The molecule has 0 fully saturated rings. The smallest absolute Gasteiger partial charge is 0.262 e. The summed E-state index contributed by atoms with van der Waals surface area (Å²) < 4.78 is 5.38. The molecule has 2 rings (SSSR count). The van der Waals surface area contributed by atoms with Crippen LogP contribution in [0.3, 0.4) is 0 Å². The molecule has 0 heterocycles. The van der Waals surface area contributed by atoms with Crippen LogP contribution in [-0.2, 0) is 4.79 Å². The molecule has 0 aliphatic rings. The summed E-state index contributed by atoms with van der Waals surface area (Å²) in [5.74, 6) is 0.336. The van der Waals surface area contributed by atoms with Crippen LogP contribution in [0.5, 0.6) is 5.75 Å². The maximum Gasteiger partial charge on any atom is 0.262 e. The zero-order valence-electron chi connectivity index (χ0n) is 11.5. The molecule has 0 unspecified atom stereocenters. The maximum atomic E-state index is 11.9. The van der Waals surface area contributed by atoms with Gasteiger partial charge in [0.1, 0.15) is 5.75 Å². The van der Waals surface area contributed by atoms with Crippen molar-refractivity contribution in [2.24, 2.45) is 0 Å². The molecule has 1 N–H and O–H groups in total. The fourth-order valence-electron chi connectivity index (χ4n) is 1.71. The van der Waals surface area contributed by atoms with Crippen molar-refractivity contribution in [3.63, 3.8) is 0 Å². The number of anilines is 1. The van der Waals surface area contributed by atoms with E-state index < -0.39 is 0 Å². The molecule has 1 amide bonds. The van der Waals surface area contributed by atoms with Crippen LogP contribution in [0.15, 0.2) is 53.4 Å². The Kier molecular flexibility index (Phi) is 5.24. The van der Waals surface area contributed by atoms with Crippen molar-refractivity contribution in [1.82, 2.24) is 0 Å². The minimum absolute atomic E-state index is 0.0748. The lowest BCUT2D eigenvalue weighted by atomic mass is 10.2. The molecule has 0 atom stereocenters. The van der Waals surface area contributed by atoms with Gasteiger partial charge >= 0.3 is 0 Å². The number of nitriles is 1. The number of carbonyl (C=O) groups is 1. The summed E-state index contributed by atoms with van der Waals surface area (Å²) in [6.07, 6.45) is 1.96. The molecule has 0 saturated carbocycles. The van der Waals surface area contributed by atoms with Gasteiger partial charge in [0, 0.05) is 4.90 Å². The van der Waals surface area contributed by atoms with Crippen molar-refractivity contribution in [2.45, 2.75) is 4.90 Å². The molecule has 4 nitrogen and oxygen atoms in total. The van der Waals surface area contributed by atoms with Gasteiger partial charge in [-0.2, -0.15) is 5.26 Å². The molecule has 21 heavy (non-hydrogen) atoms. The Morgan fingerprint density at radius 3 is 2.62 bits per heavy atom. The van der Waals surface area contributed by atoms with E-state index in [1.807, 2.05) is 36.6 Å². The number of rotatable bonds is 5. The van der Waals surface area contributed by atoms with Crippen LogP contribution in [0.25, 0.3) is 0 Å².